The Labute approximate surface area is 97.1 Å². The van der Waals surface area contributed by atoms with Gasteiger partial charge >= 0.3 is 6.03 Å². The fourth-order valence-electron chi connectivity index (χ4n) is 2.03. The van der Waals surface area contributed by atoms with Crippen LogP contribution in [0.3, 0.4) is 0 Å². The van der Waals surface area contributed by atoms with Crippen molar-refractivity contribution in [3.05, 3.63) is 0 Å². The van der Waals surface area contributed by atoms with Crippen molar-refractivity contribution in [3.63, 3.8) is 0 Å². The molecule has 1 N–H and O–H groups in total. The average Bonchev–Trinajstić information content (AvgIpc) is 2.43. The number of hydrogen-bond acceptors (Lipinski definition) is 3. The molecule has 0 unspecified atom stereocenters. The lowest BCUT2D eigenvalue weighted by Gasteiger charge is -2.26. The van der Waals surface area contributed by atoms with Crippen LogP contribution in [0.15, 0.2) is 0 Å². The molecule has 1 saturated heterocycles. The Morgan fingerprint density at radius 1 is 1.31 bits per heavy atom. The van der Waals surface area contributed by atoms with Crippen LogP contribution >= 0.6 is 0 Å². The van der Waals surface area contributed by atoms with Crippen molar-refractivity contribution in [2.45, 2.75) is 38.8 Å². The summed E-state index contributed by atoms with van der Waals surface area (Å²) in [5, 5.41) is 2.65. The third-order valence-electron chi connectivity index (χ3n) is 2.94. The van der Waals surface area contributed by atoms with Gasteiger partial charge in [-0.2, -0.15) is 0 Å². The smallest absolute Gasteiger partial charge is 0.317 e. The fourth-order valence-corrected chi connectivity index (χ4v) is 2.50. The van der Waals surface area contributed by atoms with E-state index in [-0.39, 0.29) is 30.4 Å². The van der Waals surface area contributed by atoms with Gasteiger partial charge in [0.05, 0.1) is 5.75 Å². The molecule has 0 saturated carbocycles. The number of nitrogens with one attached hydrogen (secondary N) is 1. The zero-order chi connectivity index (χ0) is 12.3. The van der Waals surface area contributed by atoms with Crippen LogP contribution in [0.4, 0.5) is 4.79 Å². The second kappa shape index (κ2) is 5.03. The molecule has 0 aromatic heterocycles. The molecule has 1 rings (SSSR count). The number of likely N-dealkylation sites (tertiary alicyclic amines) is 1. The molecule has 0 spiro atoms. The Kier molecular flexibility index (Phi) is 4.18. The molecule has 1 aliphatic rings. The van der Waals surface area contributed by atoms with Crippen LogP contribution in [-0.2, 0) is 9.84 Å². The SMILES string of the molecule is C[C@@H]1CC[C@@H](C)N1C(=O)NCCS(C)(=O)=O. The molecule has 1 heterocycles. The number of nitrogens with zero attached hydrogens (tertiary/aromatic N) is 1. The molecular weight excluding hydrogens is 228 g/mol. The maximum Gasteiger partial charge on any atom is 0.317 e. The second-order valence-electron chi connectivity index (χ2n) is 4.54. The number of urea groups is 1. The highest BCUT2D eigenvalue weighted by atomic mass is 32.2. The average molecular weight is 248 g/mol. The maximum absolute atomic E-state index is 11.8. The summed E-state index contributed by atoms with van der Waals surface area (Å²) in [5.41, 5.74) is 0. The van der Waals surface area contributed by atoms with Gasteiger partial charge in [-0.25, -0.2) is 13.2 Å². The summed E-state index contributed by atoms with van der Waals surface area (Å²) in [7, 11) is -3.00. The Balaban J connectivity index is 2.41. The number of carbonyl (C=O) groups is 1. The molecule has 2 atom stereocenters. The monoisotopic (exact) mass is 248 g/mol. The van der Waals surface area contributed by atoms with Gasteiger partial charge in [-0.05, 0) is 26.7 Å². The van der Waals surface area contributed by atoms with E-state index in [0.29, 0.717) is 0 Å². The lowest BCUT2D eigenvalue weighted by Crippen LogP contribution is -2.46. The van der Waals surface area contributed by atoms with Crippen molar-refractivity contribution < 1.29 is 13.2 Å². The molecule has 1 fully saturated rings. The lowest BCUT2D eigenvalue weighted by atomic mass is 10.2. The molecule has 0 radical (unpaired) electrons. The molecule has 16 heavy (non-hydrogen) atoms. The number of sulfone groups is 1. The van der Waals surface area contributed by atoms with E-state index < -0.39 is 9.84 Å². The van der Waals surface area contributed by atoms with Gasteiger partial charge in [-0.1, -0.05) is 0 Å². The van der Waals surface area contributed by atoms with Crippen LogP contribution in [0.5, 0.6) is 0 Å². The quantitative estimate of drug-likeness (QED) is 0.796. The topological polar surface area (TPSA) is 66.5 Å². The molecule has 5 nitrogen and oxygen atoms in total. The zero-order valence-corrected chi connectivity index (χ0v) is 10.9. The van der Waals surface area contributed by atoms with Crippen molar-refractivity contribution in [1.29, 1.82) is 0 Å². The predicted octanol–water partition coefficient (Wildman–Crippen LogP) is 0.613. The highest BCUT2D eigenvalue weighted by Gasteiger charge is 2.30. The minimum absolute atomic E-state index is 0.00462. The van der Waals surface area contributed by atoms with Crippen LogP contribution < -0.4 is 5.32 Å². The molecule has 0 bridgehead atoms. The van der Waals surface area contributed by atoms with Crippen molar-refractivity contribution in [2.24, 2.45) is 0 Å². The number of rotatable bonds is 3. The van der Waals surface area contributed by atoms with Gasteiger partial charge < -0.3 is 10.2 Å². The summed E-state index contributed by atoms with van der Waals surface area (Å²) in [6, 6.07) is 0.336. The summed E-state index contributed by atoms with van der Waals surface area (Å²) in [6.45, 7) is 4.22. The first-order valence-corrected chi connectivity index (χ1v) is 7.61. The van der Waals surface area contributed by atoms with E-state index in [1.807, 2.05) is 13.8 Å². The van der Waals surface area contributed by atoms with E-state index in [9.17, 15) is 13.2 Å². The Morgan fingerprint density at radius 2 is 1.81 bits per heavy atom. The largest absolute Gasteiger partial charge is 0.337 e. The van der Waals surface area contributed by atoms with E-state index in [0.717, 1.165) is 12.8 Å². The maximum atomic E-state index is 11.8. The van der Waals surface area contributed by atoms with Crippen LogP contribution in [0.1, 0.15) is 26.7 Å². The van der Waals surface area contributed by atoms with E-state index in [2.05, 4.69) is 5.32 Å². The number of amides is 2. The number of carbonyl (C=O) groups excluding carboxylic acids is 1. The summed E-state index contributed by atoms with van der Waals surface area (Å²) >= 11 is 0. The van der Waals surface area contributed by atoms with Crippen LogP contribution in [-0.4, -0.2) is 50.0 Å². The van der Waals surface area contributed by atoms with Gasteiger partial charge in [-0.3, -0.25) is 0 Å². The standard InChI is InChI=1S/C10H20N2O3S/c1-8-4-5-9(2)12(8)10(13)11-6-7-16(3,14)15/h8-9H,4-7H2,1-3H3,(H,11,13)/t8-,9-/m1/s1. The van der Waals surface area contributed by atoms with E-state index in [1.165, 1.54) is 6.26 Å². The highest BCUT2D eigenvalue weighted by Crippen LogP contribution is 2.22. The summed E-state index contributed by atoms with van der Waals surface area (Å²) in [4.78, 5) is 13.6. The highest BCUT2D eigenvalue weighted by molar-refractivity contribution is 7.90. The molecule has 94 valence electrons. The Morgan fingerprint density at radius 3 is 2.25 bits per heavy atom. The first-order chi connectivity index (χ1) is 7.31. The van der Waals surface area contributed by atoms with Crippen molar-refractivity contribution in [3.8, 4) is 0 Å². The van der Waals surface area contributed by atoms with Gasteiger partial charge in [-0.15, -0.1) is 0 Å². The lowest BCUT2D eigenvalue weighted by molar-refractivity contribution is 0.181. The third kappa shape index (κ3) is 3.66. The van der Waals surface area contributed by atoms with E-state index in [4.69, 9.17) is 0 Å². The molecule has 0 aromatic carbocycles. The molecule has 2 amide bonds. The molecule has 1 aliphatic heterocycles. The summed E-state index contributed by atoms with van der Waals surface area (Å²) in [6.07, 6.45) is 3.20. The predicted molar refractivity (Wildman–Crippen MR) is 63.1 cm³/mol. The normalized spacial score (nSPS) is 25.8. The van der Waals surface area contributed by atoms with Crippen LogP contribution in [0, 0.1) is 0 Å². The zero-order valence-electron chi connectivity index (χ0n) is 10.1. The summed E-state index contributed by atoms with van der Waals surface area (Å²) < 4.78 is 21.8. The first kappa shape index (κ1) is 13.3. The van der Waals surface area contributed by atoms with Gasteiger partial charge in [0, 0.05) is 24.9 Å². The van der Waals surface area contributed by atoms with Crippen molar-refractivity contribution >= 4 is 15.9 Å². The minimum Gasteiger partial charge on any atom is -0.337 e. The molecule has 0 aliphatic carbocycles. The third-order valence-corrected chi connectivity index (χ3v) is 3.88. The van der Waals surface area contributed by atoms with Gasteiger partial charge in [0.1, 0.15) is 9.84 Å². The van der Waals surface area contributed by atoms with E-state index >= 15 is 0 Å². The molecular formula is C10H20N2O3S. The molecule has 0 aromatic rings. The van der Waals surface area contributed by atoms with Crippen molar-refractivity contribution in [1.82, 2.24) is 10.2 Å². The Hall–Kier alpha value is -0.780. The van der Waals surface area contributed by atoms with Gasteiger partial charge in [0.25, 0.3) is 0 Å². The first-order valence-electron chi connectivity index (χ1n) is 5.55. The van der Waals surface area contributed by atoms with E-state index in [1.54, 1.807) is 4.90 Å². The Bertz CT molecular complexity index is 343. The van der Waals surface area contributed by atoms with Gasteiger partial charge in [0.2, 0.25) is 0 Å². The van der Waals surface area contributed by atoms with Crippen molar-refractivity contribution in [2.75, 3.05) is 18.6 Å². The van der Waals surface area contributed by atoms with Gasteiger partial charge in [0.15, 0.2) is 0 Å². The second-order valence-corrected chi connectivity index (χ2v) is 6.80. The number of hydrogen-bond donors (Lipinski definition) is 1. The van der Waals surface area contributed by atoms with Crippen LogP contribution in [0.2, 0.25) is 0 Å². The van der Waals surface area contributed by atoms with Crippen LogP contribution in [0.25, 0.3) is 0 Å². The minimum atomic E-state index is -3.00. The summed E-state index contributed by atoms with van der Waals surface area (Å²) in [5.74, 6) is -0.00462. The fraction of sp³-hybridized carbons (Fsp3) is 0.900. The molecule has 6 heteroatoms.